The van der Waals surface area contributed by atoms with Crippen LogP contribution in [-0.2, 0) is 0 Å². The van der Waals surface area contributed by atoms with Crippen LogP contribution in [0.2, 0.25) is 0 Å². The van der Waals surface area contributed by atoms with Gasteiger partial charge in [0.15, 0.2) is 11.2 Å². The molecule has 0 radical (unpaired) electrons. The van der Waals surface area contributed by atoms with E-state index in [0.717, 1.165) is 78.0 Å². The third-order valence-corrected chi connectivity index (χ3v) is 14.0. The Bertz CT molecular complexity index is 3540. The first-order valence-corrected chi connectivity index (χ1v) is 22.9. The van der Waals surface area contributed by atoms with Crippen molar-refractivity contribution in [3.05, 3.63) is 193 Å². The Labute approximate surface area is 371 Å². The fraction of sp³-hybridized carbons (Fsp3) is 0.133. The van der Waals surface area contributed by atoms with E-state index in [2.05, 4.69) is 200 Å². The molecule has 0 amide bonds. The van der Waals surface area contributed by atoms with Gasteiger partial charge in [-0.3, -0.25) is 0 Å². The number of furan rings is 2. The van der Waals surface area contributed by atoms with Crippen LogP contribution in [0.4, 0.5) is 34.1 Å². The largest absolute Gasteiger partial charge is 0.454 e. The van der Waals surface area contributed by atoms with Gasteiger partial charge in [-0.05, 0) is 120 Å². The second kappa shape index (κ2) is 14.5. The van der Waals surface area contributed by atoms with Crippen LogP contribution in [0.3, 0.4) is 0 Å². The molecule has 1 aliphatic rings. The number of nitrogens with zero attached hydrogens (tertiary/aromatic N) is 2. The molecule has 10 aromatic carbocycles. The van der Waals surface area contributed by atoms with Crippen molar-refractivity contribution < 1.29 is 8.83 Å². The zero-order valence-corrected chi connectivity index (χ0v) is 36.1. The van der Waals surface area contributed by atoms with E-state index < -0.39 is 0 Å². The van der Waals surface area contributed by atoms with Gasteiger partial charge >= 0.3 is 0 Å². The highest BCUT2D eigenvalue weighted by molar-refractivity contribution is 6.29. The Balaban J connectivity index is 1.18. The molecule has 1 aliphatic carbocycles. The quantitative estimate of drug-likeness (QED) is 0.150. The first kappa shape index (κ1) is 37.0. The molecule has 13 rings (SSSR count). The molecule has 0 saturated heterocycles. The molecule has 0 aliphatic heterocycles. The second-order valence-corrected chi connectivity index (χ2v) is 18.0. The van der Waals surface area contributed by atoms with Gasteiger partial charge in [-0.15, -0.1) is 0 Å². The van der Waals surface area contributed by atoms with E-state index in [1.807, 2.05) is 0 Å². The van der Waals surface area contributed by atoms with Crippen molar-refractivity contribution in [1.82, 2.24) is 0 Å². The molecule has 4 nitrogen and oxygen atoms in total. The number of hydrogen-bond acceptors (Lipinski definition) is 4. The van der Waals surface area contributed by atoms with Crippen LogP contribution in [-0.4, -0.2) is 0 Å². The Morgan fingerprint density at radius 3 is 1.39 bits per heavy atom. The van der Waals surface area contributed by atoms with Gasteiger partial charge in [0, 0.05) is 49.1 Å². The summed E-state index contributed by atoms with van der Waals surface area (Å²) in [4.78, 5) is 4.88. The fourth-order valence-corrected chi connectivity index (χ4v) is 11.1. The highest BCUT2D eigenvalue weighted by atomic mass is 16.3. The average Bonchev–Trinajstić information content (AvgIpc) is 3.91. The molecule has 0 atom stereocenters. The summed E-state index contributed by atoms with van der Waals surface area (Å²) in [5, 5.41) is 11.9. The highest BCUT2D eigenvalue weighted by Gasteiger charge is 2.28. The van der Waals surface area contributed by atoms with E-state index in [9.17, 15) is 0 Å². The molecule has 2 aromatic heterocycles. The molecule has 4 heteroatoms. The molecule has 0 bridgehead atoms. The van der Waals surface area contributed by atoms with E-state index in [4.69, 9.17) is 8.83 Å². The van der Waals surface area contributed by atoms with Crippen molar-refractivity contribution >= 4 is 110 Å². The summed E-state index contributed by atoms with van der Waals surface area (Å²) in [7, 11) is 0. The van der Waals surface area contributed by atoms with Crippen molar-refractivity contribution in [1.29, 1.82) is 0 Å². The molecule has 0 spiro atoms. The monoisotopic (exact) mass is 826 g/mol. The number of hydrogen-bond donors (Lipinski definition) is 0. The van der Waals surface area contributed by atoms with Crippen LogP contribution in [0.5, 0.6) is 0 Å². The van der Waals surface area contributed by atoms with E-state index in [0.29, 0.717) is 5.92 Å². The van der Waals surface area contributed by atoms with Gasteiger partial charge in [0.05, 0.1) is 22.7 Å². The number of fused-ring (bicyclic) bond motifs is 6. The maximum atomic E-state index is 6.88. The first-order valence-electron chi connectivity index (χ1n) is 22.9. The first-order chi connectivity index (χ1) is 31.6. The lowest BCUT2D eigenvalue weighted by Crippen LogP contribution is -2.15. The lowest BCUT2D eigenvalue weighted by atomic mass is 9.82. The average molecular weight is 827 g/mol. The van der Waals surface area contributed by atoms with Gasteiger partial charge in [-0.1, -0.05) is 141 Å². The van der Waals surface area contributed by atoms with Crippen molar-refractivity contribution in [2.75, 3.05) is 9.80 Å². The van der Waals surface area contributed by atoms with E-state index in [1.54, 1.807) is 0 Å². The lowest BCUT2D eigenvalue weighted by Gasteiger charge is -2.32. The highest BCUT2D eigenvalue weighted by Crippen LogP contribution is 2.53. The van der Waals surface area contributed by atoms with Gasteiger partial charge < -0.3 is 18.6 Å². The van der Waals surface area contributed by atoms with Gasteiger partial charge in [0.2, 0.25) is 0 Å². The molecule has 1 fully saturated rings. The van der Waals surface area contributed by atoms with Crippen molar-refractivity contribution in [3.63, 3.8) is 0 Å². The number of rotatable bonds is 7. The maximum Gasteiger partial charge on any atom is 0.159 e. The van der Waals surface area contributed by atoms with Crippen LogP contribution in [0, 0.1) is 13.8 Å². The SMILES string of the molecule is Cc1cccc(N(c2cc(N(c3cccc(C)c3)c3cccc4c3oc3ccccc34)c3ccc4cc(C5CCCCC5)cc5ccc2c3c54)c2cccc3c2oc2ccccc23)c1. The third-order valence-electron chi connectivity index (χ3n) is 14.0. The number of benzene rings is 10. The Morgan fingerprint density at radius 2 is 0.875 bits per heavy atom. The minimum atomic E-state index is 0.601. The standard InChI is InChI=1S/C60H46N2O2/c1-37-14-10-18-43(32-37)61(51-24-12-22-47-45-20-6-8-26-55(45)63-59(47)51)53-36-54(50-31-29-41-35-42(39-16-4-3-5-17-39)34-40-28-30-49(53)58(50)57(40)41)62(44-19-11-15-38(2)33-44)52-25-13-23-48-46-21-7-9-27-56(46)64-60(48)52/h6-15,18-36,39H,3-5,16-17H2,1-2H3. The summed E-state index contributed by atoms with van der Waals surface area (Å²) in [5.74, 6) is 0.601. The maximum absolute atomic E-state index is 6.88. The molecule has 12 aromatic rings. The summed E-state index contributed by atoms with van der Waals surface area (Å²) in [6.45, 7) is 4.35. The summed E-state index contributed by atoms with van der Waals surface area (Å²) in [5.41, 5.74) is 13.6. The fourth-order valence-electron chi connectivity index (χ4n) is 11.1. The number of para-hydroxylation sites is 4. The lowest BCUT2D eigenvalue weighted by molar-refractivity contribution is 0.444. The molecule has 0 N–H and O–H groups in total. The Kier molecular flexibility index (Phi) is 8.39. The molecule has 1 saturated carbocycles. The van der Waals surface area contributed by atoms with Crippen LogP contribution in [0.1, 0.15) is 54.7 Å². The van der Waals surface area contributed by atoms with Crippen molar-refractivity contribution in [2.24, 2.45) is 0 Å². The van der Waals surface area contributed by atoms with Crippen LogP contribution >= 0.6 is 0 Å². The van der Waals surface area contributed by atoms with E-state index in [1.165, 1.54) is 81.1 Å². The van der Waals surface area contributed by atoms with Crippen molar-refractivity contribution in [3.8, 4) is 0 Å². The molecule has 2 heterocycles. The molecule has 64 heavy (non-hydrogen) atoms. The smallest absolute Gasteiger partial charge is 0.159 e. The normalized spacial score (nSPS) is 13.7. The number of aryl methyl sites for hydroxylation is 2. The topological polar surface area (TPSA) is 32.8 Å². The van der Waals surface area contributed by atoms with Crippen LogP contribution in [0.15, 0.2) is 185 Å². The number of anilines is 6. The third kappa shape index (κ3) is 5.75. The van der Waals surface area contributed by atoms with Gasteiger partial charge in [-0.2, -0.15) is 0 Å². The minimum absolute atomic E-state index is 0.601. The van der Waals surface area contributed by atoms with E-state index in [-0.39, 0.29) is 0 Å². The molecular formula is C60H46N2O2. The Hall–Kier alpha value is -7.56. The van der Waals surface area contributed by atoms with Gasteiger partial charge in [0.1, 0.15) is 11.2 Å². The zero-order chi connectivity index (χ0) is 42.5. The van der Waals surface area contributed by atoms with Crippen LogP contribution < -0.4 is 9.80 Å². The zero-order valence-electron chi connectivity index (χ0n) is 36.1. The predicted octanol–water partition coefficient (Wildman–Crippen LogP) is 18.0. The molecule has 0 unspecified atom stereocenters. The van der Waals surface area contributed by atoms with Gasteiger partial charge in [-0.25, -0.2) is 0 Å². The summed E-state index contributed by atoms with van der Waals surface area (Å²) in [6, 6.07) is 64.6. The second-order valence-electron chi connectivity index (χ2n) is 18.0. The van der Waals surface area contributed by atoms with Gasteiger partial charge in [0.25, 0.3) is 0 Å². The Morgan fingerprint density at radius 1 is 0.391 bits per heavy atom. The molecular weight excluding hydrogens is 781 g/mol. The predicted molar refractivity (Wildman–Crippen MR) is 269 cm³/mol. The van der Waals surface area contributed by atoms with Crippen molar-refractivity contribution in [2.45, 2.75) is 51.9 Å². The summed E-state index contributed by atoms with van der Waals surface area (Å²) >= 11 is 0. The summed E-state index contributed by atoms with van der Waals surface area (Å²) < 4.78 is 13.8. The molecule has 308 valence electrons. The van der Waals surface area contributed by atoms with Crippen LogP contribution in [0.25, 0.3) is 76.2 Å². The van der Waals surface area contributed by atoms with E-state index >= 15 is 0 Å². The summed E-state index contributed by atoms with van der Waals surface area (Å²) in [6.07, 6.45) is 6.48. The minimum Gasteiger partial charge on any atom is -0.454 e.